The van der Waals surface area contributed by atoms with Gasteiger partial charge < -0.3 is 19.1 Å². The SMILES string of the molecule is COC(=O)[C@H](CC1CCCCC1)N1CC(Oc2cccc(OC)c2)=CC1=O. The first-order valence-corrected chi connectivity index (χ1v) is 9.51. The Morgan fingerprint density at radius 2 is 1.93 bits per heavy atom. The smallest absolute Gasteiger partial charge is 0.328 e. The van der Waals surface area contributed by atoms with E-state index in [4.69, 9.17) is 14.2 Å². The van der Waals surface area contributed by atoms with Crippen LogP contribution >= 0.6 is 0 Å². The second kappa shape index (κ2) is 8.93. The summed E-state index contributed by atoms with van der Waals surface area (Å²) in [4.78, 5) is 26.5. The molecule has 6 nitrogen and oxygen atoms in total. The third-order valence-corrected chi connectivity index (χ3v) is 5.31. The average molecular weight is 373 g/mol. The number of benzene rings is 1. The number of amides is 1. The van der Waals surface area contributed by atoms with Crippen molar-refractivity contribution in [3.05, 3.63) is 36.1 Å². The molecular formula is C21H27NO5. The summed E-state index contributed by atoms with van der Waals surface area (Å²) in [6.45, 7) is 0.266. The van der Waals surface area contributed by atoms with E-state index < -0.39 is 6.04 Å². The second-order valence-electron chi connectivity index (χ2n) is 7.14. The first kappa shape index (κ1) is 19.3. The number of carbonyl (C=O) groups excluding carboxylic acids is 2. The van der Waals surface area contributed by atoms with Crippen LogP contribution in [0.4, 0.5) is 0 Å². The molecule has 146 valence electrons. The highest BCUT2D eigenvalue weighted by Gasteiger charge is 2.36. The molecule has 1 aliphatic carbocycles. The monoisotopic (exact) mass is 373 g/mol. The Hall–Kier alpha value is -2.50. The minimum Gasteiger partial charge on any atom is -0.497 e. The van der Waals surface area contributed by atoms with Gasteiger partial charge in [0.1, 0.15) is 23.3 Å². The van der Waals surface area contributed by atoms with Crippen LogP contribution in [0.2, 0.25) is 0 Å². The Balaban J connectivity index is 1.67. The van der Waals surface area contributed by atoms with Crippen LogP contribution in [0.25, 0.3) is 0 Å². The number of ether oxygens (including phenoxy) is 3. The van der Waals surface area contributed by atoms with E-state index in [2.05, 4.69) is 0 Å². The molecule has 0 radical (unpaired) electrons. The predicted molar refractivity (Wildman–Crippen MR) is 100 cm³/mol. The molecule has 0 unspecified atom stereocenters. The van der Waals surface area contributed by atoms with Gasteiger partial charge in [-0.15, -0.1) is 0 Å². The van der Waals surface area contributed by atoms with E-state index in [0.29, 0.717) is 29.6 Å². The summed E-state index contributed by atoms with van der Waals surface area (Å²) in [6, 6.07) is 6.65. The number of nitrogens with zero attached hydrogens (tertiary/aromatic N) is 1. The zero-order valence-corrected chi connectivity index (χ0v) is 16.0. The van der Waals surface area contributed by atoms with Crippen LogP contribution in [0.5, 0.6) is 11.5 Å². The van der Waals surface area contributed by atoms with Gasteiger partial charge in [-0.1, -0.05) is 38.2 Å². The highest BCUT2D eigenvalue weighted by Crippen LogP contribution is 2.31. The molecule has 2 aliphatic rings. The van der Waals surface area contributed by atoms with E-state index in [9.17, 15) is 9.59 Å². The quantitative estimate of drug-likeness (QED) is 0.686. The fourth-order valence-corrected chi connectivity index (χ4v) is 3.88. The summed E-state index contributed by atoms with van der Waals surface area (Å²) < 4.78 is 16.0. The number of carbonyl (C=O) groups is 2. The van der Waals surface area contributed by atoms with Crippen LogP contribution in [0.3, 0.4) is 0 Å². The van der Waals surface area contributed by atoms with E-state index >= 15 is 0 Å². The molecule has 1 fully saturated rings. The third-order valence-electron chi connectivity index (χ3n) is 5.31. The van der Waals surface area contributed by atoms with E-state index in [1.165, 1.54) is 32.4 Å². The van der Waals surface area contributed by atoms with Gasteiger partial charge in [-0.2, -0.15) is 0 Å². The standard InChI is InChI=1S/C21H27NO5/c1-25-16-9-6-10-17(12-16)27-18-13-20(23)22(14-18)19(21(24)26-2)11-15-7-4-3-5-8-15/h6,9-10,12-13,15,19H,3-5,7-8,11,14H2,1-2H3/t19-/m0/s1. The van der Waals surface area contributed by atoms with Crippen LogP contribution in [-0.4, -0.2) is 43.6 Å². The van der Waals surface area contributed by atoms with Crippen molar-refractivity contribution in [1.29, 1.82) is 0 Å². The molecule has 1 aromatic carbocycles. The summed E-state index contributed by atoms with van der Waals surface area (Å²) >= 11 is 0. The zero-order chi connectivity index (χ0) is 19.2. The maximum absolute atomic E-state index is 12.5. The first-order chi connectivity index (χ1) is 13.1. The van der Waals surface area contributed by atoms with Crippen molar-refractivity contribution in [2.45, 2.75) is 44.6 Å². The van der Waals surface area contributed by atoms with Gasteiger partial charge in [0, 0.05) is 12.1 Å². The van der Waals surface area contributed by atoms with Crippen molar-refractivity contribution >= 4 is 11.9 Å². The number of rotatable bonds is 7. The Labute approximate surface area is 160 Å². The Morgan fingerprint density at radius 3 is 2.63 bits per heavy atom. The molecule has 0 spiro atoms. The molecule has 0 saturated heterocycles. The van der Waals surface area contributed by atoms with Crippen LogP contribution in [0.15, 0.2) is 36.1 Å². The van der Waals surface area contributed by atoms with E-state index in [1.807, 2.05) is 12.1 Å². The van der Waals surface area contributed by atoms with Crippen LogP contribution in [0.1, 0.15) is 38.5 Å². The molecule has 6 heteroatoms. The van der Waals surface area contributed by atoms with Crippen molar-refractivity contribution in [3.8, 4) is 11.5 Å². The number of hydrogen-bond donors (Lipinski definition) is 0. The Bertz CT molecular complexity index is 708. The number of methoxy groups -OCH3 is 2. The second-order valence-corrected chi connectivity index (χ2v) is 7.14. The van der Waals surface area contributed by atoms with Crippen molar-refractivity contribution in [3.63, 3.8) is 0 Å². The van der Waals surface area contributed by atoms with Gasteiger partial charge in [-0.05, 0) is 24.5 Å². The normalized spacial score (nSPS) is 18.8. The average Bonchev–Trinajstić information content (AvgIpc) is 3.06. The fourth-order valence-electron chi connectivity index (χ4n) is 3.88. The van der Waals surface area contributed by atoms with Gasteiger partial charge in [-0.25, -0.2) is 4.79 Å². The predicted octanol–water partition coefficient (Wildman–Crippen LogP) is 3.31. The summed E-state index contributed by atoms with van der Waals surface area (Å²) in [5, 5.41) is 0. The summed E-state index contributed by atoms with van der Waals surface area (Å²) in [5.74, 6) is 1.69. The molecule has 1 heterocycles. The summed E-state index contributed by atoms with van der Waals surface area (Å²) in [7, 11) is 2.96. The molecular weight excluding hydrogens is 346 g/mol. The topological polar surface area (TPSA) is 65.1 Å². The lowest BCUT2D eigenvalue weighted by molar-refractivity contribution is -0.151. The molecule has 0 aromatic heterocycles. The van der Waals surface area contributed by atoms with Crippen molar-refractivity contribution in [2.24, 2.45) is 5.92 Å². The van der Waals surface area contributed by atoms with Crippen LogP contribution in [-0.2, 0) is 14.3 Å². The molecule has 1 aromatic rings. The van der Waals surface area contributed by atoms with Gasteiger partial charge in [0.15, 0.2) is 0 Å². The van der Waals surface area contributed by atoms with Crippen molar-refractivity contribution < 1.29 is 23.8 Å². The van der Waals surface area contributed by atoms with Gasteiger partial charge in [0.25, 0.3) is 5.91 Å². The van der Waals surface area contributed by atoms with Crippen LogP contribution in [0, 0.1) is 5.92 Å². The van der Waals surface area contributed by atoms with Gasteiger partial charge in [-0.3, -0.25) is 4.79 Å². The zero-order valence-electron chi connectivity index (χ0n) is 16.0. The third kappa shape index (κ3) is 4.81. The molecule has 1 aliphatic heterocycles. The van der Waals surface area contributed by atoms with Gasteiger partial charge in [0.05, 0.1) is 20.8 Å². The summed E-state index contributed by atoms with van der Waals surface area (Å²) in [5.41, 5.74) is 0. The highest BCUT2D eigenvalue weighted by molar-refractivity contribution is 5.94. The molecule has 0 N–H and O–H groups in total. The van der Waals surface area contributed by atoms with E-state index in [0.717, 1.165) is 12.8 Å². The molecule has 1 atom stereocenters. The molecule has 27 heavy (non-hydrogen) atoms. The lowest BCUT2D eigenvalue weighted by Gasteiger charge is -2.30. The summed E-state index contributed by atoms with van der Waals surface area (Å²) in [6.07, 6.45) is 7.95. The molecule has 3 rings (SSSR count). The Kier molecular flexibility index (Phi) is 6.37. The number of esters is 1. The molecule has 1 amide bonds. The minimum atomic E-state index is -0.562. The first-order valence-electron chi connectivity index (χ1n) is 9.51. The molecule has 0 bridgehead atoms. The lowest BCUT2D eigenvalue weighted by atomic mass is 9.84. The Morgan fingerprint density at radius 1 is 1.19 bits per heavy atom. The number of hydrogen-bond acceptors (Lipinski definition) is 5. The van der Waals surface area contributed by atoms with E-state index in [-0.39, 0.29) is 18.4 Å². The maximum atomic E-state index is 12.5. The van der Waals surface area contributed by atoms with Crippen molar-refractivity contribution in [1.82, 2.24) is 4.90 Å². The highest BCUT2D eigenvalue weighted by atomic mass is 16.5. The van der Waals surface area contributed by atoms with Crippen LogP contribution < -0.4 is 9.47 Å². The van der Waals surface area contributed by atoms with Gasteiger partial charge >= 0.3 is 5.97 Å². The lowest BCUT2D eigenvalue weighted by Crippen LogP contribution is -2.44. The van der Waals surface area contributed by atoms with E-state index in [1.54, 1.807) is 24.1 Å². The molecule has 1 saturated carbocycles. The minimum absolute atomic E-state index is 0.209. The van der Waals surface area contributed by atoms with Gasteiger partial charge in [0.2, 0.25) is 0 Å². The fraction of sp³-hybridized carbons (Fsp3) is 0.524. The maximum Gasteiger partial charge on any atom is 0.328 e. The largest absolute Gasteiger partial charge is 0.497 e. The van der Waals surface area contributed by atoms with Crippen molar-refractivity contribution in [2.75, 3.05) is 20.8 Å².